The minimum atomic E-state index is 0.0226. The van der Waals surface area contributed by atoms with Gasteiger partial charge in [0.1, 0.15) is 0 Å². The van der Waals surface area contributed by atoms with Crippen molar-refractivity contribution in [2.75, 3.05) is 44.2 Å². The van der Waals surface area contributed by atoms with Crippen molar-refractivity contribution in [3.8, 4) is 0 Å². The predicted molar refractivity (Wildman–Crippen MR) is 126 cm³/mol. The number of carbonyl (C=O) groups is 1. The first-order valence-electron chi connectivity index (χ1n) is 11.5. The predicted octanol–water partition coefficient (Wildman–Crippen LogP) is 4.05. The lowest BCUT2D eigenvalue weighted by Gasteiger charge is -2.36. The Bertz CT molecular complexity index is 1040. The molecule has 1 aliphatic heterocycles. The lowest BCUT2D eigenvalue weighted by molar-refractivity contribution is 0.0953. The molecule has 2 aromatic carbocycles. The molecule has 2 heterocycles. The molecule has 2 fully saturated rings. The number of carbonyl (C=O) groups excluding carboxylic acids is 1. The van der Waals surface area contributed by atoms with Crippen molar-refractivity contribution in [1.82, 2.24) is 15.2 Å². The Hall–Kier alpha value is -2.92. The highest BCUT2D eigenvalue weighted by atomic mass is 16.1. The number of piperazine rings is 1. The van der Waals surface area contributed by atoms with Gasteiger partial charge in [0.2, 0.25) is 0 Å². The fourth-order valence-corrected chi connectivity index (χ4v) is 4.44. The number of amides is 1. The summed E-state index contributed by atoms with van der Waals surface area (Å²) in [5.74, 6) is 0.556. The molecule has 5 nitrogen and oxygen atoms in total. The van der Waals surface area contributed by atoms with Gasteiger partial charge in [0.05, 0.1) is 11.1 Å². The van der Waals surface area contributed by atoms with E-state index >= 15 is 0 Å². The summed E-state index contributed by atoms with van der Waals surface area (Å²) in [5, 5.41) is 4.09. The van der Waals surface area contributed by atoms with Gasteiger partial charge in [-0.25, -0.2) is 0 Å². The first-order valence-corrected chi connectivity index (χ1v) is 11.5. The summed E-state index contributed by atoms with van der Waals surface area (Å²) in [6, 6.07) is 20.6. The molecule has 0 radical (unpaired) electrons. The van der Waals surface area contributed by atoms with E-state index in [9.17, 15) is 4.79 Å². The largest absolute Gasteiger partial charge is 0.369 e. The first kappa shape index (κ1) is 20.0. The van der Waals surface area contributed by atoms with Gasteiger partial charge in [-0.3, -0.25) is 14.7 Å². The maximum atomic E-state index is 12.9. The van der Waals surface area contributed by atoms with Crippen LogP contribution in [0.25, 0.3) is 10.9 Å². The second-order valence-corrected chi connectivity index (χ2v) is 8.66. The van der Waals surface area contributed by atoms with Gasteiger partial charge in [-0.15, -0.1) is 0 Å². The highest BCUT2D eigenvalue weighted by molar-refractivity contribution is 6.06. The van der Waals surface area contributed by atoms with Crippen LogP contribution in [0.2, 0.25) is 0 Å². The maximum absolute atomic E-state index is 12.9. The molecule has 0 atom stereocenters. The third-order valence-electron chi connectivity index (χ3n) is 6.41. The number of rotatable bonds is 7. The molecule has 5 rings (SSSR count). The average Bonchev–Trinajstić information content (AvgIpc) is 3.68. The number of hydrogen-bond acceptors (Lipinski definition) is 4. The Labute approximate surface area is 184 Å². The third-order valence-corrected chi connectivity index (χ3v) is 6.41. The SMILES string of the molecule is O=C(NCCCN1CCN(c2ccccc2)CC1)c1cc(C2CC2)nc2ccccc12. The zero-order valence-corrected chi connectivity index (χ0v) is 18.0. The topological polar surface area (TPSA) is 48.5 Å². The Kier molecular flexibility index (Phi) is 5.85. The Morgan fingerprint density at radius 3 is 2.48 bits per heavy atom. The van der Waals surface area contributed by atoms with Gasteiger partial charge in [-0.2, -0.15) is 0 Å². The van der Waals surface area contributed by atoms with Crippen LogP contribution in [0.5, 0.6) is 0 Å². The van der Waals surface area contributed by atoms with Crippen molar-refractivity contribution in [2.24, 2.45) is 0 Å². The number of para-hydroxylation sites is 2. The van der Waals surface area contributed by atoms with Crippen molar-refractivity contribution in [2.45, 2.75) is 25.2 Å². The smallest absolute Gasteiger partial charge is 0.252 e. The number of hydrogen-bond donors (Lipinski definition) is 1. The van der Waals surface area contributed by atoms with E-state index in [0.717, 1.165) is 61.3 Å². The minimum Gasteiger partial charge on any atom is -0.369 e. The number of benzene rings is 2. The van der Waals surface area contributed by atoms with Crippen LogP contribution in [0.3, 0.4) is 0 Å². The summed E-state index contributed by atoms with van der Waals surface area (Å²) >= 11 is 0. The maximum Gasteiger partial charge on any atom is 0.252 e. The Morgan fingerprint density at radius 1 is 0.968 bits per heavy atom. The van der Waals surface area contributed by atoms with Crippen molar-refractivity contribution in [1.29, 1.82) is 0 Å². The second-order valence-electron chi connectivity index (χ2n) is 8.66. The molecule has 2 aliphatic rings. The highest BCUT2D eigenvalue weighted by Crippen LogP contribution is 2.40. The molecular weight excluding hydrogens is 384 g/mol. The number of nitrogens with one attached hydrogen (secondary N) is 1. The monoisotopic (exact) mass is 414 g/mol. The zero-order chi connectivity index (χ0) is 21.0. The van der Waals surface area contributed by atoms with Crippen molar-refractivity contribution in [3.05, 3.63) is 71.9 Å². The van der Waals surface area contributed by atoms with Crippen LogP contribution in [0.1, 0.15) is 41.2 Å². The number of aromatic nitrogens is 1. The molecule has 3 aromatic rings. The normalized spacial score (nSPS) is 17.1. The molecule has 5 heteroatoms. The van der Waals surface area contributed by atoms with Crippen molar-refractivity contribution in [3.63, 3.8) is 0 Å². The van der Waals surface area contributed by atoms with Crippen LogP contribution in [0, 0.1) is 0 Å². The van der Waals surface area contributed by atoms with Crippen LogP contribution >= 0.6 is 0 Å². The van der Waals surface area contributed by atoms with E-state index in [1.807, 2.05) is 30.3 Å². The second kappa shape index (κ2) is 9.06. The van der Waals surface area contributed by atoms with E-state index < -0.39 is 0 Å². The fourth-order valence-electron chi connectivity index (χ4n) is 4.44. The molecule has 1 aliphatic carbocycles. The molecule has 1 amide bonds. The highest BCUT2D eigenvalue weighted by Gasteiger charge is 2.27. The minimum absolute atomic E-state index is 0.0226. The van der Waals surface area contributed by atoms with Gasteiger partial charge >= 0.3 is 0 Å². The van der Waals surface area contributed by atoms with Crippen LogP contribution in [0.15, 0.2) is 60.7 Å². The number of fused-ring (bicyclic) bond motifs is 1. The van der Waals surface area contributed by atoms with E-state index in [4.69, 9.17) is 4.98 Å². The van der Waals surface area contributed by atoms with Crippen LogP contribution in [-0.2, 0) is 0 Å². The van der Waals surface area contributed by atoms with Crippen molar-refractivity contribution >= 4 is 22.5 Å². The fraction of sp³-hybridized carbons (Fsp3) is 0.385. The number of anilines is 1. The summed E-state index contributed by atoms with van der Waals surface area (Å²) in [5.41, 5.74) is 4.07. The van der Waals surface area contributed by atoms with E-state index in [2.05, 4.69) is 45.4 Å². The van der Waals surface area contributed by atoms with Crippen LogP contribution < -0.4 is 10.2 Å². The quantitative estimate of drug-likeness (QED) is 0.593. The van der Waals surface area contributed by atoms with E-state index in [-0.39, 0.29) is 5.91 Å². The van der Waals surface area contributed by atoms with Crippen LogP contribution in [-0.4, -0.2) is 55.1 Å². The summed E-state index contributed by atoms with van der Waals surface area (Å²) in [4.78, 5) is 22.7. The van der Waals surface area contributed by atoms with E-state index in [0.29, 0.717) is 12.5 Å². The molecule has 0 bridgehead atoms. The number of pyridine rings is 1. The van der Waals surface area contributed by atoms with Gasteiger partial charge in [0, 0.05) is 55.4 Å². The first-order chi connectivity index (χ1) is 15.3. The van der Waals surface area contributed by atoms with E-state index in [1.54, 1.807) is 0 Å². The average molecular weight is 415 g/mol. The molecule has 0 unspecified atom stereocenters. The lowest BCUT2D eigenvalue weighted by atomic mass is 10.1. The van der Waals surface area contributed by atoms with Gasteiger partial charge in [-0.1, -0.05) is 36.4 Å². The lowest BCUT2D eigenvalue weighted by Crippen LogP contribution is -2.47. The Balaban J connectivity index is 1.12. The van der Waals surface area contributed by atoms with Gasteiger partial charge in [0.15, 0.2) is 0 Å². The molecule has 1 N–H and O–H groups in total. The number of nitrogens with zero attached hydrogens (tertiary/aromatic N) is 3. The summed E-state index contributed by atoms with van der Waals surface area (Å²) in [6.07, 6.45) is 3.34. The molecule has 0 spiro atoms. The summed E-state index contributed by atoms with van der Waals surface area (Å²) < 4.78 is 0. The zero-order valence-electron chi connectivity index (χ0n) is 18.0. The molecule has 1 saturated heterocycles. The van der Waals surface area contributed by atoms with Crippen molar-refractivity contribution < 1.29 is 4.79 Å². The van der Waals surface area contributed by atoms with Gasteiger partial charge in [-0.05, 0) is 50.1 Å². The molecule has 1 aromatic heterocycles. The van der Waals surface area contributed by atoms with Gasteiger partial charge < -0.3 is 10.2 Å². The third kappa shape index (κ3) is 4.72. The van der Waals surface area contributed by atoms with Crippen LogP contribution in [0.4, 0.5) is 5.69 Å². The molecule has 160 valence electrons. The summed E-state index contributed by atoms with van der Waals surface area (Å²) in [6.45, 7) is 5.98. The molecule has 31 heavy (non-hydrogen) atoms. The molecule has 1 saturated carbocycles. The van der Waals surface area contributed by atoms with Gasteiger partial charge in [0.25, 0.3) is 5.91 Å². The standard InChI is InChI=1S/C26H30N4O/c31-26(23-19-25(20-11-12-20)28-24-10-5-4-9-22(23)24)27-13-6-14-29-15-17-30(18-16-29)21-7-2-1-3-8-21/h1-5,7-10,19-20H,6,11-18H2,(H,27,31). The summed E-state index contributed by atoms with van der Waals surface area (Å²) in [7, 11) is 0. The molecular formula is C26H30N4O. The van der Waals surface area contributed by atoms with E-state index in [1.165, 1.54) is 18.5 Å². The Morgan fingerprint density at radius 2 is 1.71 bits per heavy atom.